The molecule has 102 valence electrons. The fourth-order valence-corrected chi connectivity index (χ4v) is 1.61. The fourth-order valence-electron chi connectivity index (χ4n) is 1.61. The van der Waals surface area contributed by atoms with Crippen molar-refractivity contribution in [3.05, 3.63) is 29.8 Å². The zero-order valence-corrected chi connectivity index (χ0v) is 11.6. The van der Waals surface area contributed by atoms with E-state index in [-0.39, 0.29) is 5.91 Å². The maximum absolute atomic E-state index is 11.7. The Hall–Kier alpha value is -1.86. The summed E-state index contributed by atoms with van der Waals surface area (Å²) in [4.78, 5) is 11.7. The van der Waals surface area contributed by atoms with Gasteiger partial charge in [0, 0.05) is 18.7 Å². The summed E-state index contributed by atoms with van der Waals surface area (Å²) < 4.78 is 0. The molecule has 4 nitrogen and oxygen atoms in total. The highest BCUT2D eigenvalue weighted by molar-refractivity contribution is 5.90. The lowest BCUT2D eigenvalue weighted by Crippen LogP contribution is -2.23. The number of rotatable bonds is 7. The molecule has 0 atom stereocenters. The molecule has 1 rings (SSSR count). The molecule has 1 aromatic carbocycles. The van der Waals surface area contributed by atoms with E-state index in [1.165, 1.54) is 0 Å². The number of nitriles is 1. The average Bonchev–Trinajstić information content (AvgIpc) is 2.38. The van der Waals surface area contributed by atoms with Gasteiger partial charge in [-0.3, -0.25) is 4.79 Å². The first kappa shape index (κ1) is 15.2. The van der Waals surface area contributed by atoms with Crippen molar-refractivity contribution in [2.24, 2.45) is 5.92 Å². The topological polar surface area (TPSA) is 64.9 Å². The van der Waals surface area contributed by atoms with Crippen LogP contribution in [-0.2, 0) is 4.79 Å². The highest BCUT2D eigenvalue weighted by Gasteiger charge is 2.02. The zero-order chi connectivity index (χ0) is 14.1. The van der Waals surface area contributed by atoms with Crippen molar-refractivity contribution in [3.63, 3.8) is 0 Å². The van der Waals surface area contributed by atoms with Crippen molar-refractivity contribution in [2.75, 3.05) is 18.4 Å². The van der Waals surface area contributed by atoms with Crippen LogP contribution in [0.4, 0.5) is 5.69 Å². The van der Waals surface area contributed by atoms with Crippen LogP contribution < -0.4 is 10.6 Å². The molecule has 0 unspecified atom stereocenters. The maximum atomic E-state index is 11.7. The molecule has 0 radical (unpaired) electrons. The molecular formula is C15H21N3O. The van der Waals surface area contributed by atoms with Gasteiger partial charge in [0.2, 0.25) is 5.91 Å². The SMILES string of the molecule is CC(C)CCNCCC(=O)Nc1cccc(C#N)c1. The summed E-state index contributed by atoms with van der Waals surface area (Å²) in [5.74, 6) is 0.641. The highest BCUT2D eigenvalue weighted by Crippen LogP contribution is 2.09. The Morgan fingerprint density at radius 3 is 2.84 bits per heavy atom. The van der Waals surface area contributed by atoms with Crippen LogP contribution in [0.15, 0.2) is 24.3 Å². The molecule has 0 aliphatic heterocycles. The molecule has 0 saturated heterocycles. The molecule has 2 N–H and O–H groups in total. The van der Waals surface area contributed by atoms with Crippen molar-refractivity contribution in [1.29, 1.82) is 5.26 Å². The van der Waals surface area contributed by atoms with E-state index in [4.69, 9.17) is 5.26 Å². The molecule has 19 heavy (non-hydrogen) atoms. The van der Waals surface area contributed by atoms with E-state index in [0.717, 1.165) is 13.0 Å². The number of carbonyl (C=O) groups excluding carboxylic acids is 1. The van der Waals surface area contributed by atoms with E-state index in [0.29, 0.717) is 30.1 Å². The first-order valence-electron chi connectivity index (χ1n) is 6.62. The predicted molar refractivity (Wildman–Crippen MR) is 76.7 cm³/mol. The monoisotopic (exact) mass is 259 g/mol. The van der Waals surface area contributed by atoms with E-state index in [1.54, 1.807) is 24.3 Å². The third-order valence-corrected chi connectivity index (χ3v) is 2.70. The van der Waals surface area contributed by atoms with Gasteiger partial charge < -0.3 is 10.6 Å². The maximum Gasteiger partial charge on any atom is 0.225 e. The van der Waals surface area contributed by atoms with Gasteiger partial charge in [0.05, 0.1) is 11.6 Å². The molecule has 0 heterocycles. The largest absolute Gasteiger partial charge is 0.326 e. The normalized spacial score (nSPS) is 10.2. The predicted octanol–water partition coefficient (Wildman–Crippen LogP) is 2.52. The standard InChI is InChI=1S/C15H21N3O/c1-12(2)6-8-17-9-7-15(19)18-14-5-3-4-13(10-14)11-16/h3-5,10,12,17H,6-9H2,1-2H3,(H,18,19). The van der Waals surface area contributed by atoms with Crippen LogP contribution in [0.1, 0.15) is 32.3 Å². The number of nitrogens with one attached hydrogen (secondary N) is 2. The molecule has 0 aliphatic carbocycles. The molecule has 1 amide bonds. The van der Waals surface area contributed by atoms with Gasteiger partial charge in [0.1, 0.15) is 0 Å². The minimum atomic E-state index is -0.0351. The van der Waals surface area contributed by atoms with Crippen molar-refractivity contribution in [1.82, 2.24) is 5.32 Å². The average molecular weight is 259 g/mol. The third-order valence-electron chi connectivity index (χ3n) is 2.70. The van der Waals surface area contributed by atoms with E-state index < -0.39 is 0 Å². The number of hydrogen-bond acceptors (Lipinski definition) is 3. The van der Waals surface area contributed by atoms with Gasteiger partial charge >= 0.3 is 0 Å². The highest BCUT2D eigenvalue weighted by atomic mass is 16.1. The van der Waals surface area contributed by atoms with Gasteiger partial charge in [0.25, 0.3) is 0 Å². The Kier molecular flexibility index (Phi) is 6.62. The van der Waals surface area contributed by atoms with Crippen molar-refractivity contribution >= 4 is 11.6 Å². The lowest BCUT2D eigenvalue weighted by atomic mass is 10.1. The summed E-state index contributed by atoms with van der Waals surface area (Å²) in [5.41, 5.74) is 1.22. The molecular weight excluding hydrogens is 238 g/mol. The number of amides is 1. The quantitative estimate of drug-likeness (QED) is 0.739. The number of hydrogen-bond donors (Lipinski definition) is 2. The lowest BCUT2D eigenvalue weighted by Gasteiger charge is -2.08. The molecule has 0 aromatic heterocycles. The van der Waals surface area contributed by atoms with Crippen LogP contribution >= 0.6 is 0 Å². The molecule has 4 heteroatoms. The summed E-state index contributed by atoms with van der Waals surface area (Å²) in [6.45, 7) is 5.97. The first-order valence-corrected chi connectivity index (χ1v) is 6.62. The van der Waals surface area contributed by atoms with Gasteiger partial charge in [-0.05, 0) is 37.1 Å². The molecule has 1 aromatic rings. The second-order valence-corrected chi connectivity index (χ2v) is 4.92. The smallest absolute Gasteiger partial charge is 0.225 e. The van der Waals surface area contributed by atoms with Crippen molar-refractivity contribution in [3.8, 4) is 6.07 Å². The second-order valence-electron chi connectivity index (χ2n) is 4.92. The molecule has 0 aliphatic rings. The minimum absolute atomic E-state index is 0.0351. The van der Waals surface area contributed by atoms with E-state index >= 15 is 0 Å². The van der Waals surface area contributed by atoms with Gasteiger partial charge in [-0.2, -0.15) is 5.26 Å². The van der Waals surface area contributed by atoms with Crippen molar-refractivity contribution < 1.29 is 4.79 Å². The summed E-state index contributed by atoms with van der Waals surface area (Å²) in [6, 6.07) is 8.97. The Balaban J connectivity index is 2.25. The number of anilines is 1. The van der Waals surface area contributed by atoms with E-state index in [1.807, 2.05) is 6.07 Å². The molecule has 0 fully saturated rings. The van der Waals surface area contributed by atoms with Crippen LogP contribution in [0.25, 0.3) is 0 Å². The molecule has 0 spiro atoms. The van der Waals surface area contributed by atoms with Crippen LogP contribution in [0, 0.1) is 17.2 Å². The van der Waals surface area contributed by atoms with Crippen LogP contribution in [0.3, 0.4) is 0 Å². The third kappa shape index (κ3) is 6.58. The summed E-state index contributed by atoms with van der Waals surface area (Å²) in [5, 5.41) is 14.8. The van der Waals surface area contributed by atoms with Crippen LogP contribution in [0.5, 0.6) is 0 Å². The Labute approximate surface area is 114 Å². The first-order chi connectivity index (χ1) is 9.11. The Morgan fingerprint density at radius 1 is 1.37 bits per heavy atom. The van der Waals surface area contributed by atoms with Gasteiger partial charge in [0.15, 0.2) is 0 Å². The summed E-state index contributed by atoms with van der Waals surface area (Å²) in [7, 11) is 0. The number of nitrogens with zero attached hydrogens (tertiary/aromatic N) is 1. The van der Waals surface area contributed by atoms with E-state index in [2.05, 4.69) is 24.5 Å². The van der Waals surface area contributed by atoms with Gasteiger partial charge in [-0.15, -0.1) is 0 Å². The summed E-state index contributed by atoms with van der Waals surface area (Å²) >= 11 is 0. The number of benzene rings is 1. The van der Waals surface area contributed by atoms with E-state index in [9.17, 15) is 4.79 Å². The lowest BCUT2D eigenvalue weighted by molar-refractivity contribution is -0.116. The van der Waals surface area contributed by atoms with Crippen molar-refractivity contribution in [2.45, 2.75) is 26.7 Å². The van der Waals surface area contributed by atoms with Gasteiger partial charge in [-0.25, -0.2) is 0 Å². The minimum Gasteiger partial charge on any atom is -0.326 e. The number of carbonyl (C=O) groups is 1. The van der Waals surface area contributed by atoms with Crippen LogP contribution in [-0.4, -0.2) is 19.0 Å². The Morgan fingerprint density at radius 2 is 2.16 bits per heavy atom. The molecule has 0 bridgehead atoms. The fraction of sp³-hybridized carbons (Fsp3) is 0.467. The second kappa shape index (κ2) is 8.28. The zero-order valence-electron chi connectivity index (χ0n) is 11.6. The van der Waals surface area contributed by atoms with Gasteiger partial charge in [-0.1, -0.05) is 19.9 Å². The Bertz CT molecular complexity index is 449. The molecule has 0 saturated carbocycles. The summed E-state index contributed by atoms with van der Waals surface area (Å²) in [6.07, 6.45) is 1.56. The van der Waals surface area contributed by atoms with Crippen LogP contribution in [0.2, 0.25) is 0 Å².